The lowest BCUT2D eigenvalue weighted by Crippen LogP contribution is -2.32. The summed E-state index contributed by atoms with van der Waals surface area (Å²) in [7, 11) is 1.55. The van der Waals surface area contributed by atoms with E-state index in [1.54, 1.807) is 30.6 Å². The molecule has 0 saturated carbocycles. The van der Waals surface area contributed by atoms with E-state index in [0.29, 0.717) is 23.2 Å². The first-order valence-electron chi connectivity index (χ1n) is 6.27. The SMILES string of the molecule is CNC(=O)NCc1nnc2cc(-c3nc(C)no3)ccn12. The molecular weight excluding hydrogens is 274 g/mol. The third-order valence-electron chi connectivity index (χ3n) is 2.89. The number of pyridine rings is 1. The van der Waals surface area contributed by atoms with Crippen LogP contribution in [0.4, 0.5) is 4.79 Å². The summed E-state index contributed by atoms with van der Waals surface area (Å²) in [6.07, 6.45) is 1.80. The summed E-state index contributed by atoms with van der Waals surface area (Å²) in [6.45, 7) is 2.03. The Labute approximate surface area is 119 Å². The molecule has 108 valence electrons. The Morgan fingerprint density at radius 3 is 3.00 bits per heavy atom. The Balaban J connectivity index is 1.88. The molecule has 0 aliphatic rings. The summed E-state index contributed by atoms with van der Waals surface area (Å²) in [5, 5.41) is 17.0. The molecule has 21 heavy (non-hydrogen) atoms. The Morgan fingerprint density at radius 1 is 1.43 bits per heavy atom. The molecule has 0 bridgehead atoms. The van der Waals surface area contributed by atoms with Gasteiger partial charge in [-0.15, -0.1) is 10.2 Å². The van der Waals surface area contributed by atoms with E-state index in [4.69, 9.17) is 4.52 Å². The summed E-state index contributed by atoms with van der Waals surface area (Å²) in [5.41, 5.74) is 1.40. The van der Waals surface area contributed by atoms with E-state index in [9.17, 15) is 4.79 Å². The zero-order chi connectivity index (χ0) is 14.8. The molecule has 0 aliphatic heterocycles. The molecule has 0 aromatic carbocycles. The van der Waals surface area contributed by atoms with Crippen LogP contribution in [0.3, 0.4) is 0 Å². The van der Waals surface area contributed by atoms with Gasteiger partial charge in [0.1, 0.15) is 0 Å². The van der Waals surface area contributed by atoms with E-state index in [0.717, 1.165) is 5.56 Å². The van der Waals surface area contributed by atoms with E-state index in [-0.39, 0.29) is 12.6 Å². The number of nitrogens with one attached hydrogen (secondary N) is 2. The van der Waals surface area contributed by atoms with Crippen molar-refractivity contribution in [1.82, 2.24) is 35.4 Å². The van der Waals surface area contributed by atoms with Gasteiger partial charge >= 0.3 is 6.03 Å². The number of fused-ring (bicyclic) bond motifs is 1. The molecule has 0 spiro atoms. The van der Waals surface area contributed by atoms with Crippen molar-refractivity contribution >= 4 is 11.7 Å². The quantitative estimate of drug-likeness (QED) is 0.726. The summed E-state index contributed by atoms with van der Waals surface area (Å²) in [4.78, 5) is 15.3. The fourth-order valence-corrected chi connectivity index (χ4v) is 1.86. The first kappa shape index (κ1) is 13.0. The number of aryl methyl sites for hydroxylation is 1. The Morgan fingerprint density at radius 2 is 2.29 bits per heavy atom. The van der Waals surface area contributed by atoms with Gasteiger partial charge in [0.25, 0.3) is 5.89 Å². The van der Waals surface area contributed by atoms with Gasteiger partial charge in [-0.25, -0.2) is 4.79 Å². The largest absolute Gasteiger partial charge is 0.341 e. The number of rotatable bonds is 3. The minimum atomic E-state index is -0.273. The number of nitrogens with zero attached hydrogens (tertiary/aromatic N) is 5. The van der Waals surface area contributed by atoms with Gasteiger partial charge in [0.05, 0.1) is 6.54 Å². The third-order valence-corrected chi connectivity index (χ3v) is 2.89. The Bertz CT molecular complexity index is 792. The van der Waals surface area contributed by atoms with Crippen LogP contribution in [0.5, 0.6) is 0 Å². The molecule has 0 radical (unpaired) electrons. The van der Waals surface area contributed by atoms with Crippen molar-refractivity contribution in [1.29, 1.82) is 0 Å². The second kappa shape index (κ2) is 5.19. The number of amides is 2. The highest BCUT2D eigenvalue weighted by Gasteiger charge is 2.11. The zero-order valence-corrected chi connectivity index (χ0v) is 11.5. The molecule has 3 rings (SSSR count). The molecule has 3 aromatic rings. The topological polar surface area (TPSA) is 110 Å². The zero-order valence-electron chi connectivity index (χ0n) is 11.5. The van der Waals surface area contributed by atoms with Crippen LogP contribution in [-0.2, 0) is 6.54 Å². The number of urea groups is 1. The molecule has 0 fully saturated rings. The molecule has 0 aliphatic carbocycles. The van der Waals surface area contributed by atoms with Crippen LogP contribution in [0, 0.1) is 6.92 Å². The highest BCUT2D eigenvalue weighted by molar-refractivity contribution is 5.73. The summed E-state index contributed by atoms with van der Waals surface area (Å²) >= 11 is 0. The maximum atomic E-state index is 11.2. The standard InChI is InChI=1S/C12H13N7O2/c1-7-15-11(21-18-7)8-3-4-19-9(5-8)16-17-10(19)6-14-12(20)13-2/h3-5H,6H2,1-2H3,(H2,13,14,20). The van der Waals surface area contributed by atoms with Crippen LogP contribution in [0.2, 0.25) is 0 Å². The Kier molecular flexibility index (Phi) is 3.22. The summed E-state index contributed by atoms with van der Waals surface area (Å²) in [6, 6.07) is 3.35. The van der Waals surface area contributed by atoms with Crippen molar-refractivity contribution in [3.63, 3.8) is 0 Å². The van der Waals surface area contributed by atoms with Crippen LogP contribution < -0.4 is 10.6 Å². The van der Waals surface area contributed by atoms with E-state index < -0.39 is 0 Å². The van der Waals surface area contributed by atoms with Gasteiger partial charge in [-0.1, -0.05) is 5.16 Å². The first-order valence-corrected chi connectivity index (χ1v) is 6.27. The van der Waals surface area contributed by atoms with Gasteiger partial charge in [-0.05, 0) is 19.1 Å². The molecule has 2 N–H and O–H groups in total. The number of hydrogen-bond acceptors (Lipinski definition) is 6. The number of aromatic nitrogens is 5. The number of carbonyl (C=O) groups is 1. The molecule has 9 heteroatoms. The van der Waals surface area contributed by atoms with E-state index in [2.05, 4.69) is 31.0 Å². The molecule has 3 aromatic heterocycles. The van der Waals surface area contributed by atoms with E-state index in [1.807, 2.05) is 6.07 Å². The second-order valence-electron chi connectivity index (χ2n) is 4.34. The third kappa shape index (κ3) is 2.53. The highest BCUT2D eigenvalue weighted by Crippen LogP contribution is 2.18. The van der Waals surface area contributed by atoms with Crippen LogP contribution in [0.15, 0.2) is 22.9 Å². The lowest BCUT2D eigenvalue weighted by molar-refractivity contribution is 0.242. The minimum Gasteiger partial charge on any atom is -0.341 e. The smallest absolute Gasteiger partial charge is 0.314 e. The fraction of sp³-hybridized carbons (Fsp3) is 0.250. The molecular formula is C12H13N7O2. The predicted octanol–water partition coefficient (Wildman–Crippen LogP) is 0.517. The Hall–Kier alpha value is -2.97. The van der Waals surface area contributed by atoms with Gasteiger partial charge in [-0.2, -0.15) is 4.98 Å². The van der Waals surface area contributed by atoms with Gasteiger partial charge in [-0.3, -0.25) is 4.40 Å². The lowest BCUT2D eigenvalue weighted by atomic mass is 10.2. The highest BCUT2D eigenvalue weighted by atomic mass is 16.5. The molecule has 2 amide bonds. The molecule has 3 heterocycles. The van der Waals surface area contributed by atoms with Crippen molar-refractivity contribution in [2.75, 3.05) is 7.05 Å². The van der Waals surface area contributed by atoms with Crippen LogP contribution >= 0.6 is 0 Å². The van der Waals surface area contributed by atoms with E-state index in [1.165, 1.54) is 0 Å². The maximum Gasteiger partial charge on any atom is 0.314 e. The van der Waals surface area contributed by atoms with Gasteiger partial charge in [0, 0.05) is 18.8 Å². The van der Waals surface area contributed by atoms with Crippen molar-refractivity contribution in [2.45, 2.75) is 13.5 Å². The second-order valence-corrected chi connectivity index (χ2v) is 4.34. The van der Waals surface area contributed by atoms with Gasteiger partial charge in [0.2, 0.25) is 0 Å². The summed E-state index contributed by atoms with van der Waals surface area (Å²) in [5.74, 6) is 1.63. The maximum absolute atomic E-state index is 11.2. The van der Waals surface area contributed by atoms with Crippen molar-refractivity contribution in [2.24, 2.45) is 0 Å². The molecule has 9 nitrogen and oxygen atoms in total. The van der Waals surface area contributed by atoms with Crippen LogP contribution in [0.25, 0.3) is 17.1 Å². The van der Waals surface area contributed by atoms with Crippen LogP contribution in [-0.4, -0.2) is 37.8 Å². The number of hydrogen-bond donors (Lipinski definition) is 2. The van der Waals surface area contributed by atoms with Crippen molar-refractivity contribution in [3.05, 3.63) is 30.0 Å². The monoisotopic (exact) mass is 287 g/mol. The summed E-state index contributed by atoms with van der Waals surface area (Å²) < 4.78 is 6.90. The predicted molar refractivity (Wildman–Crippen MR) is 72.3 cm³/mol. The van der Waals surface area contributed by atoms with Crippen molar-refractivity contribution < 1.29 is 9.32 Å². The first-order chi connectivity index (χ1) is 10.2. The molecule has 0 unspecified atom stereocenters. The molecule has 0 atom stereocenters. The van der Waals surface area contributed by atoms with Crippen molar-refractivity contribution in [3.8, 4) is 11.5 Å². The normalized spacial score (nSPS) is 10.8. The minimum absolute atomic E-state index is 0.273. The number of carbonyl (C=O) groups excluding carboxylic acids is 1. The average molecular weight is 287 g/mol. The van der Waals surface area contributed by atoms with E-state index >= 15 is 0 Å². The lowest BCUT2D eigenvalue weighted by Gasteiger charge is -2.03. The fourth-order valence-electron chi connectivity index (χ4n) is 1.86. The van der Waals surface area contributed by atoms with Crippen LogP contribution in [0.1, 0.15) is 11.6 Å². The van der Waals surface area contributed by atoms with Gasteiger partial charge < -0.3 is 15.2 Å². The molecule has 0 saturated heterocycles. The average Bonchev–Trinajstić information content (AvgIpc) is 3.10. The van der Waals surface area contributed by atoms with Gasteiger partial charge in [0.15, 0.2) is 17.3 Å².